The van der Waals surface area contributed by atoms with Crippen LogP contribution in [0.5, 0.6) is 0 Å². The molecule has 1 heterocycles. The van der Waals surface area contributed by atoms with Gasteiger partial charge in [-0.15, -0.1) is 5.10 Å². The molecule has 0 atom stereocenters. The third-order valence-electron chi connectivity index (χ3n) is 3.76. The number of amides is 1. The first kappa shape index (κ1) is 16.8. The van der Waals surface area contributed by atoms with Crippen molar-refractivity contribution in [3.8, 4) is 0 Å². The highest BCUT2D eigenvalue weighted by atomic mass is 16.1. The van der Waals surface area contributed by atoms with Gasteiger partial charge in [0.15, 0.2) is 0 Å². The molecular weight excluding hydrogens is 292 g/mol. The molecule has 0 radical (unpaired) electrons. The fraction of sp³-hybridized carbons (Fsp3) is 0.375. The molecule has 2 rings (SSSR count). The van der Waals surface area contributed by atoms with Gasteiger partial charge in [-0.25, -0.2) is 11.0 Å². The lowest BCUT2D eigenvalue weighted by Gasteiger charge is -2.31. The molecule has 23 heavy (non-hydrogen) atoms. The van der Waals surface area contributed by atoms with Crippen LogP contribution in [0.1, 0.15) is 25.8 Å². The zero-order valence-corrected chi connectivity index (χ0v) is 13.8. The minimum Gasteiger partial charge on any atom is -0.368 e. The van der Waals surface area contributed by atoms with Gasteiger partial charge < -0.3 is 16.0 Å². The largest absolute Gasteiger partial charge is 0.368 e. The Bertz CT molecular complexity index is 632. The Morgan fingerprint density at radius 1 is 1.35 bits per heavy atom. The van der Waals surface area contributed by atoms with Crippen molar-refractivity contribution >= 4 is 23.1 Å². The van der Waals surface area contributed by atoms with Crippen LogP contribution in [0, 0.1) is 0 Å². The molecule has 0 aliphatic carbocycles. The van der Waals surface area contributed by atoms with Crippen molar-refractivity contribution in [1.29, 1.82) is 0 Å². The Labute approximate surface area is 136 Å². The summed E-state index contributed by atoms with van der Waals surface area (Å²) in [6, 6.07) is 7.83. The van der Waals surface area contributed by atoms with Gasteiger partial charge in [-0.1, -0.05) is 17.7 Å². The highest BCUT2D eigenvalue weighted by Crippen LogP contribution is 2.27. The summed E-state index contributed by atoms with van der Waals surface area (Å²) < 4.78 is 0. The third kappa shape index (κ3) is 4.46. The second-order valence-electron chi connectivity index (χ2n) is 5.72. The number of hydrazine groups is 1. The van der Waals surface area contributed by atoms with Crippen molar-refractivity contribution in [2.24, 2.45) is 16.7 Å². The van der Waals surface area contributed by atoms with Gasteiger partial charge in [0, 0.05) is 32.7 Å². The van der Waals surface area contributed by atoms with E-state index in [9.17, 15) is 4.79 Å². The predicted molar refractivity (Wildman–Crippen MR) is 93.1 cm³/mol. The molecule has 1 aromatic rings. The maximum atomic E-state index is 11.1. The Morgan fingerprint density at radius 2 is 2.00 bits per heavy atom. The Hall–Kier alpha value is -2.54. The van der Waals surface area contributed by atoms with E-state index >= 15 is 0 Å². The van der Waals surface area contributed by atoms with Crippen LogP contribution in [0.15, 0.2) is 34.9 Å². The quantitative estimate of drug-likeness (QED) is 0.336. The van der Waals surface area contributed by atoms with Crippen LogP contribution < -0.4 is 16.9 Å². The monoisotopic (exact) mass is 316 g/mol. The summed E-state index contributed by atoms with van der Waals surface area (Å²) in [5.41, 5.74) is 10.5. The smallest absolute Gasteiger partial charge is 0.221 e. The molecule has 1 aromatic carbocycles. The summed E-state index contributed by atoms with van der Waals surface area (Å²) in [5, 5.41) is 8.04. The summed E-state index contributed by atoms with van der Waals surface area (Å²) in [5.74, 6) is 5.86. The zero-order valence-electron chi connectivity index (χ0n) is 13.8. The standard InChI is InChI=1S/C16H24N6O/c1-11-8-9-22(16(17)20-21(3)18)10-15(11)13-4-6-14(7-5-13)19-12(2)23/h4-7H,8-10,18H2,1-3H3,(H2,17,20)(H,19,23). The van der Waals surface area contributed by atoms with Crippen LogP contribution in [0.2, 0.25) is 0 Å². The molecule has 124 valence electrons. The number of anilines is 1. The summed E-state index contributed by atoms with van der Waals surface area (Å²) in [6.07, 6.45) is 0.924. The maximum absolute atomic E-state index is 11.1. The van der Waals surface area contributed by atoms with Gasteiger partial charge in [-0.3, -0.25) is 4.79 Å². The topological polar surface area (TPSA) is 100.0 Å². The molecule has 7 nitrogen and oxygen atoms in total. The van der Waals surface area contributed by atoms with Gasteiger partial charge in [-0.2, -0.15) is 0 Å². The molecule has 0 saturated carbocycles. The molecule has 1 aliphatic rings. The lowest BCUT2D eigenvalue weighted by Crippen LogP contribution is -2.43. The SMILES string of the molecule is CC(=O)Nc1ccc(C2=C(C)CCN(/C(N)=N/N(C)N)C2)cc1. The van der Waals surface area contributed by atoms with Gasteiger partial charge in [0.2, 0.25) is 11.9 Å². The van der Waals surface area contributed by atoms with E-state index in [1.54, 1.807) is 7.05 Å². The number of carbonyl (C=O) groups is 1. The van der Waals surface area contributed by atoms with Crippen LogP contribution in [0.4, 0.5) is 5.69 Å². The van der Waals surface area contributed by atoms with E-state index < -0.39 is 0 Å². The summed E-state index contributed by atoms with van der Waals surface area (Å²) in [4.78, 5) is 13.1. The van der Waals surface area contributed by atoms with E-state index in [0.29, 0.717) is 12.5 Å². The molecule has 0 aromatic heterocycles. The average Bonchev–Trinajstić information content (AvgIpc) is 2.47. The van der Waals surface area contributed by atoms with Crippen LogP contribution in [0.3, 0.4) is 0 Å². The molecule has 1 aliphatic heterocycles. The van der Waals surface area contributed by atoms with Crippen LogP contribution in [-0.4, -0.2) is 42.0 Å². The summed E-state index contributed by atoms with van der Waals surface area (Å²) in [6.45, 7) is 5.14. The number of nitrogens with one attached hydrogen (secondary N) is 1. The van der Waals surface area contributed by atoms with Crippen molar-refractivity contribution in [2.75, 3.05) is 25.5 Å². The number of nitrogens with two attached hydrogens (primary N) is 2. The Morgan fingerprint density at radius 3 is 2.57 bits per heavy atom. The average molecular weight is 316 g/mol. The zero-order chi connectivity index (χ0) is 17.0. The van der Waals surface area contributed by atoms with Crippen LogP contribution in [-0.2, 0) is 4.79 Å². The highest BCUT2D eigenvalue weighted by molar-refractivity contribution is 5.89. The van der Waals surface area contributed by atoms with E-state index in [2.05, 4.69) is 17.3 Å². The van der Waals surface area contributed by atoms with Gasteiger partial charge in [0.05, 0.1) is 0 Å². The van der Waals surface area contributed by atoms with Crippen molar-refractivity contribution in [3.63, 3.8) is 0 Å². The molecule has 5 N–H and O–H groups in total. The van der Waals surface area contributed by atoms with E-state index in [0.717, 1.165) is 24.2 Å². The van der Waals surface area contributed by atoms with Gasteiger partial charge in [0.1, 0.15) is 0 Å². The van der Waals surface area contributed by atoms with E-state index in [-0.39, 0.29) is 5.91 Å². The van der Waals surface area contributed by atoms with Gasteiger partial charge in [-0.05, 0) is 36.6 Å². The van der Waals surface area contributed by atoms with Crippen molar-refractivity contribution < 1.29 is 4.79 Å². The second kappa shape index (κ2) is 7.15. The van der Waals surface area contributed by atoms with Crippen LogP contribution >= 0.6 is 0 Å². The van der Waals surface area contributed by atoms with Crippen molar-refractivity contribution in [3.05, 3.63) is 35.4 Å². The number of guanidine groups is 1. The van der Waals surface area contributed by atoms with Crippen molar-refractivity contribution in [1.82, 2.24) is 10.0 Å². The first-order valence-corrected chi connectivity index (χ1v) is 7.51. The molecule has 1 amide bonds. The van der Waals surface area contributed by atoms with Crippen LogP contribution in [0.25, 0.3) is 5.57 Å². The molecular formula is C16H24N6O. The van der Waals surface area contributed by atoms with E-state index in [1.165, 1.54) is 23.2 Å². The number of rotatable bonds is 3. The third-order valence-corrected chi connectivity index (χ3v) is 3.76. The number of hydrazone groups is 1. The Balaban J connectivity index is 2.19. The Kier molecular flexibility index (Phi) is 5.23. The van der Waals surface area contributed by atoms with E-state index in [4.69, 9.17) is 11.6 Å². The lowest BCUT2D eigenvalue weighted by molar-refractivity contribution is -0.114. The first-order valence-electron chi connectivity index (χ1n) is 7.51. The van der Waals surface area contributed by atoms with Gasteiger partial charge in [0.25, 0.3) is 0 Å². The predicted octanol–water partition coefficient (Wildman–Crippen LogP) is 1.16. The molecule has 0 saturated heterocycles. The lowest BCUT2D eigenvalue weighted by atomic mass is 9.95. The minimum absolute atomic E-state index is 0.0770. The number of benzene rings is 1. The molecule has 0 spiro atoms. The summed E-state index contributed by atoms with van der Waals surface area (Å²) >= 11 is 0. The number of nitrogens with zero attached hydrogens (tertiary/aromatic N) is 3. The first-order chi connectivity index (χ1) is 10.9. The molecule has 7 heteroatoms. The van der Waals surface area contributed by atoms with E-state index in [1.807, 2.05) is 29.2 Å². The minimum atomic E-state index is -0.0770. The molecule has 0 unspecified atom stereocenters. The molecule has 0 fully saturated rings. The second-order valence-corrected chi connectivity index (χ2v) is 5.72. The fourth-order valence-electron chi connectivity index (χ4n) is 2.57. The number of carbonyl (C=O) groups excluding carboxylic acids is 1. The summed E-state index contributed by atoms with van der Waals surface area (Å²) in [7, 11) is 1.64. The maximum Gasteiger partial charge on any atom is 0.221 e. The van der Waals surface area contributed by atoms with Crippen molar-refractivity contribution in [2.45, 2.75) is 20.3 Å². The number of hydrogen-bond donors (Lipinski definition) is 3. The normalized spacial score (nSPS) is 15.7. The highest BCUT2D eigenvalue weighted by Gasteiger charge is 2.19. The molecule has 0 bridgehead atoms. The van der Waals surface area contributed by atoms with Gasteiger partial charge >= 0.3 is 0 Å². The fourth-order valence-corrected chi connectivity index (χ4v) is 2.57. The number of hydrogen-bond acceptors (Lipinski definition) is 4.